The summed E-state index contributed by atoms with van der Waals surface area (Å²) in [4.78, 5) is 16.9. The van der Waals surface area contributed by atoms with E-state index in [-0.39, 0.29) is 40.0 Å². The molecule has 2 aromatic heterocycles. The molecule has 32 heavy (non-hydrogen) atoms. The van der Waals surface area contributed by atoms with Crippen LogP contribution in [0.25, 0.3) is 22.2 Å². The minimum atomic E-state index is -4.61. The van der Waals surface area contributed by atoms with Gasteiger partial charge in [0.2, 0.25) is 0 Å². The molecule has 0 radical (unpaired) electrons. The Kier molecular flexibility index (Phi) is 5.14. The summed E-state index contributed by atoms with van der Waals surface area (Å²) in [5.74, 6) is -2.26. The number of fused-ring (bicyclic) bond motifs is 1. The Balaban J connectivity index is 1.79. The zero-order valence-electron chi connectivity index (χ0n) is 16.0. The van der Waals surface area contributed by atoms with E-state index in [2.05, 4.69) is 10.1 Å². The van der Waals surface area contributed by atoms with E-state index in [1.54, 1.807) is 18.2 Å². The maximum absolute atomic E-state index is 13.5. The predicted molar refractivity (Wildman–Crippen MR) is 103 cm³/mol. The lowest BCUT2D eigenvalue weighted by Crippen LogP contribution is -2.29. The molecule has 2 aromatic carbocycles. The van der Waals surface area contributed by atoms with E-state index < -0.39 is 35.5 Å². The van der Waals surface area contributed by atoms with E-state index in [0.717, 1.165) is 16.7 Å². The zero-order valence-corrected chi connectivity index (χ0v) is 16.0. The molecule has 0 aliphatic carbocycles. The summed E-state index contributed by atoms with van der Waals surface area (Å²) in [7, 11) is 0. The molecule has 1 N–H and O–H groups in total. The third-order valence-corrected chi connectivity index (χ3v) is 4.65. The van der Waals surface area contributed by atoms with Gasteiger partial charge in [0, 0.05) is 11.6 Å². The summed E-state index contributed by atoms with van der Waals surface area (Å²) in [6.07, 6.45) is -6.03. The molecule has 4 rings (SSSR count). The van der Waals surface area contributed by atoms with Crippen LogP contribution in [0, 0.1) is 17.1 Å². The third-order valence-electron chi connectivity index (χ3n) is 4.65. The highest BCUT2D eigenvalue weighted by Gasteiger charge is 2.31. The highest BCUT2D eigenvalue weighted by atomic mass is 19.4. The fourth-order valence-corrected chi connectivity index (χ4v) is 3.22. The van der Waals surface area contributed by atoms with E-state index in [1.165, 1.54) is 18.2 Å². The lowest BCUT2D eigenvalue weighted by Gasteiger charge is -2.13. The van der Waals surface area contributed by atoms with Crippen molar-refractivity contribution < 1.29 is 27.2 Å². The van der Waals surface area contributed by atoms with Crippen molar-refractivity contribution in [2.45, 2.75) is 19.1 Å². The lowest BCUT2D eigenvalue weighted by molar-refractivity contribution is -0.129. The molecule has 11 heteroatoms. The minimum Gasteiger partial charge on any atom is -0.505 e. The van der Waals surface area contributed by atoms with E-state index >= 15 is 0 Å². The summed E-state index contributed by atoms with van der Waals surface area (Å²) >= 11 is 0. The van der Waals surface area contributed by atoms with Gasteiger partial charge in [0.1, 0.15) is 24.0 Å². The van der Waals surface area contributed by atoms with Gasteiger partial charge in [0.15, 0.2) is 17.3 Å². The molecule has 0 bridgehead atoms. The standard InChI is InChI=1S/C21H12F4N4O3/c22-15-5-11(9-26)14(7-17(15)30)18-6-12(28-32-18)10-29-19(8-21(23,24)25)27-16-4-2-1-3-13(16)20(29)31/h1-7,30H,8,10H2. The van der Waals surface area contributed by atoms with Crippen molar-refractivity contribution in [3.05, 3.63) is 75.7 Å². The Bertz CT molecular complexity index is 1430. The first-order valence-corrected chi connectivity index (χ1v) is 9.10. The van der Waals surface area contributed by atoms with Crippen LogP contribution < -0.4 is 5.56 Å². The second-order valence-electron chi connectivity index (χ2n) is 6.87. The number of para-hydroxylation sites is 1. The number of phenolic OH excluding ortho intramolecular Hbond substituents is 1. The van der Waals surface area contributed by atoms with Crippen LogP contribution >= 0.6 is 0 Å². The van der Waals surface area contributed by atoms with Crippen molar-refractivity contribution in [2.75, 3.05) is 0 Å². The van der Waals surface area contributed by atoms with E-state index in [0.29, 0.717) is 0 Å². The second-order valence-corrected chi connectivity index (χ2v) is 6.87. The number of nitrogens with zero attached hydrogens (tertiary/aromatic N) is 4. The Morgan fingerprint density at radius 2 is 1.94 bits per heavy atom. The SMILES string of the molecule is N#Cc1cc(F)c(O)cc1-c1cc(Cn2c(CC(F)(F)F)nc3ccccc3c2=O)no1. The van der Waals surface area contributed by atoms with Gasteiger partial charge in [-0.05, 0) is 24.3 Å². The van der Waals surface area contributed by atoms with Crippen molar-refractivity contribution in [2.24, 2.45) is 0 Å². The number of phenols is 1. The van der Waals surface area contributed by atoms with Crippen molar-refractivity contribution >= 4 is 10.9 Å². The van der Waals surface area contributed by atoms with Crippen LogP contribution in [0.2, 0.25) is 0 Å². The maximum Gasteiger partial charge on any atom is 0.396 e. The van der Waals surface area contributed by atoms with Gasteiger partial charge in [-0.3, -0.25) is 9.36 Å². The molecule has 7 nitrogen and oxygen atoms in total. The molecule has 2 heterocycles. The first-order valence-electron chi connectivity index (χ1n) is 9.10. The zero-order chi connectivity index (χ0) is 23.0. The molecule has 0 spiro atoms. The van der Waals surface area contributed by atoms with Gasteiger partial charge in [0.25, 0.3) is 5.56 Å². The van der Waals surface area contributed by atoms with Gasteiger partial charge in [-0.15, -0.1) is 0 Å². The predicted octanol–water partition coefficient (Wildman–Crippen LogP) is 3.92. The molecular weight excluding hydrogens is 432 g/mol. The van der Waals surface area contributed by atoms with E-state index in [9.17, 15) is 32.7 Å². The van der Waals surface area contributed by atoms with Gasteiger partial charge in [-0.25, -0.2) is 9.37 Å². The number of nitriles is 1. The molecule has 0 atom stereocenters. The lowest BCUT2D eigenvalue weighted by atomic mass is 10.1. The molecule has 0 aliphatic heterocycles. The van der Waals surface area contributed by atoms with Crippen molar-refractivity contribution in [1.82, 2.24) is 14.7 Å². The fraction of sp³-hybridized carbons (Fsp3) is 0.143. The average Bonchev–Trinajstić information content (AvgIpc) is 3.20. The average molecular weight is 444 g/mol. The molecule has 0 aliphatic rings. The second kappa shape index (κ2) is 7.81. The summed E-state index contributed by atoms with van der Waals surface area (Å²) in [5.41, 5.74) is -0.601. The smallest absolute Gasteiger partial charge is 0.396 e. The highest BCUT2D eigenvalue weighted by Crippen LogP contribution is 2.30. The van der Waals surface area contributed by atoms with E-state index in [1.807, 2.05) is 0 Å². The van der Waals surface area contributed by atoms with Gasteiger partial charge < -0.3 is 9.63 Å². The van der Waals surface area contributed by atoms with Crippen LogP contribution in [0.4, 0.5) is 17.6 Å². The first-order chi connectivity index (χ1) is 15.2. The van der Waals surface area contributed by atoms with Crippen LogP contribution in [0.5, 0.6) is 5.75 Å². The monoisotopic (exact) mass is 444 g/mol. The summed E-state index contributed by atoms with van der Waals surface area (Å²) < 4.78 is 58.8. The van der Waals surface area contributed by atoms with Crippen molar-refractivity contribution in [3.8, 4) is 23.1 Å². The fourth-order valence-electron chi connectivity index (χ4n) is 3.22. The van der Waals surface area contributed by atoms with E-state index in [4.69, 9.17) is 4.52 Å². The Morgan fingerprint density at radius 1 is 1.19 bits per heavy atom. The van der Waals surface area contributed by atoms with Gasteiger partial charge in [-0.1, -0.05) is 17.3 Å². The van der Waals surface area contributed by atoms with Crippen molar-refractivity contribution in [1.29, 1.82) is 5.26 Å². The van der Waals surface area contributed by atoms with Gasteiger partial charge >= 0.3 is 6.18 Å². The van der Waals surface area contributed by atoms with Crippen LogP contribution in [0.1, 0.15) is 17.1 Å². The quantitative estimate of drug-likeness (QED) is 0.479. The number of benzene rings is 2. The molecular formula is C21H12F4N4O3. The molecule has 4 aromatic rings. The van der Waals surface area contributed by atoms with Crippen LogP contribution in [0.3, 0.4) is 0 Å². The van der Waals surface area contributed by atoms with Crippen molar-refractivity contribution in [3.63, 3.8) is 0 Å². The van der Waals surface area contributed by atoms with Gasteiger partial charge in [0.05, 0.1) is 23.0 Å². The molecule has 162 valence electrons. The highest BCUT2D eigenvalue weighted by molar-refractivity contribution is 5.77. The summed E-state index contributed by atoms with van der Waals surface area (Å²) in [5, 5.41) is 22.7. The molecule has 0 unspecified atom stereocenters. The number of aromatic nitrogens is 3. The Morgan fingerprint density at radius 3 is 2.66 bits per heavy atom. The maximum atomic E-state index is 13.5. The molecule has 0 amide bonds. The molecule has 0 saturated carbocycles. The molecule has 0 saturated heterocycles. The number of aromatic hydroxyl groups is 1. The normalized spacial score (nSPS) is 11.6. The number of halogens is 4. The summed E-state index contributed by atoms with van der Waals surface area (Å²) in [6, 6.07) is 10.8. The van der Waals surface area contributed by atoms with Gasteiger partial charge in [-0.2, -0.15) is 18.4 Å². The van der Waals surface area contributed by atoms with Crippen LogP contribution in [-0.4, -0.2) is 26.0 Å². The first kappa shape index (κ1) is 21.0. The number of alkyl halides is 3. The largest absolute Gasteiger partial charge is 0.505 e. The number of hydrogen-bond acceptors (Lipinski definition) is 6. The third kappa shape index (κ3) is 4.02. The molecule has 0 fully saturated rings. The van der Waals surface area contributed by atoms with Crippen LogP contribution in [0.15, 0.2) is 51.8 Å². The minimum absolute atomic E-state index is 0.0321. The van der Waals surface area contributed by atoms with Crippen LogP contribution in [-0.2, 0) is 13.0 Å². The topological polar surface area (TPSA) is 105 Å². The number of hydrogen-bond donors (Lipinski definition) is 1. The Hall–Kier alpha value is -4.20. The number of rotatable bonds is 4. The Labute approximate surface area is 176 Å². The summed E-state index contributed by atoms with van der Waals surface area (Å²) in [6.45, 7) is -0.388.